The molecule has 0 aliphatic carbocycles. The molecule has 2 heterocycles. The van der Waals surface area contributed by atoms with Crippen LogP contribution in [0.5, 0.6) is 0 Å². The molecule has 0 fully saturated rings. The van der Waals surface area contributed by atoms with E-state index in [1.54, 1.807) is 6.07 Å². The van der Waals surface area contributed by atoms with Crippen molar-refractivity contribution in [2.45, 2.75) is 6.92 Å². The van der Waals surface area contributed by atoms with Gasteiger partial charge >= 0.3 is 0 Å². The molecule has 0 spiro atoms. The van der Waals surface area contributed by atoms with Crippen LogP contribution in [0.1, 0.15) is 15.2 Å². The van der Waals surface area contributed by atoms with Crippen molar-refractivity contribution in [1.82, 2.24) is 4.98 Å². The summed E-state index contributed by atoms with van der Waals surface area (Å²) in [6.45, 7) is 2.00. The van der Waals surface area contributed by atoms with Crippen LogP contribution >= 0.6 is 11.3 Å². The number of amides is 1. The fourth-order valence-corrected chi connectivity index (χ4v) is 3.56. The van der Waals surface area contributed by atoms with Gasteiger partial charge < -0.3 is 5.32 Å². The maximum atomic E-state index is 13.7. The summed E-state index contributed by atoms with van der Waals surface area (Å²) in [5.74, 6) is -1.79. The Bertz CT molecular complexity index is 1140. The molecule has 2 aromatic heterocycles. The third-order valence-electron chi connectivity index (χ3n) is 3.86. The Hall–Kier alpha value is -2.86. The minimum absolute atomic E-state index is 0.184. The van der Waals surface area contributed by atoms with Crippen LogP contribution in [-0.4, -0.2) is 10.9 Å². The summed E-state index contributed by atoms with van der Waals surface area (Å²) in [7, 11) is 0. The first-order valence-corrected chi connectivity index (χ1v) is 8.38. The van der Waals surface area contributed by atoms with Gasteiger partial charge in [0.05, 0.1) is 16.1 Å². The van der Waals surface area contributed by atoms with Gasteiger partial charge in [-0.3, -0.25) is 4.79 Å². The van der Waals surface area contributed by atoms with E-state index in [9.17, 15) is 13.6 Å². The van der Waals surface area contributed by atoms with E-state index in [1.165, 1.54) is 11.3 Å². The zero-order valence-corrected chi connectivity index (χ0v) is 14.0. The number of fused-ring (bicyclic) bond motifs is 2. The van der Waals surface area contributed by atoms with Crippen LogP contribution < -0.4 is 5.32 Å². The number of carbonyl (C=O) groups excluding carboxylic acids is 1. The van der Waals surface area contributed by atoms with Crippen molar-refractivity contribution in [3.8, 4) is 0 Å². The maximum absolute atomic E-state index is 13.7. The molecule has 25 heavy (non-hydrogen) atoms. The number of nitrogens with zero attached hydrogens (tertiary/aromatic N) is 1. The molecule has 0 bridgehead atoms. The quantitative estimate of drug-likeness (QED) is 0.531. The highest BCUT2D eigenvalue weighted by Crippen LogP contribution is 2.28. The number of hydrogen-bond acceptors (Lipinski definition) is 3. The summed E-state index contributed by atoms with van der Waals surface area (Å²) in [5, 5.41) is 4.24. The molecule has 0 aliphatic heterocycles. The fraction of sp³-hybridized carbons (Fsp3) is 0.0526. The average Bonchev–Trinajstić information content (AvgIpc) is 2.99. The monoisotopic (exact) mass is 354 g/mol. The number of aromatic nitrogens is 1. The van der Waals surface area contributed by atoms with Gasteiger partial charge in [0.1, 0.15) is 16.5 Å². The molecule has 0 saturated carbocycles. The Morgan fingerprint density at radius 1 is 1.04 bits per heavy atom. The van der Waals surface area contributed by atoms with E-state index in [2.05, 4.69) is 10.3 Å². The molecule has 4 rings (SSSR count). The standard InChI is InChI=1S/C19H12F2N2OS/c1-10-2-5-15-11(6-10)7-12-8-17(25-19(12)23-15)18(24)22-16-9-13(20)3-4-14(16)21/h2-9H,1H3,(H,22,24). The molecule has 1 N–H and O–H groups in total. The van der Waals surface area contributed by atoms with Gasteiger partial charge in [0.15, 0.2) is 0 Å². The molecule has 4 aromatic rings. The first-order chi connectivity index (χ1) is 12.0. The molecule has 0 saturated heterocycles. The molecule has 3 nitrogen and oxygen atoms in total. The summed E-state index contributed by atoms with van der Waals surface area (Å²) in [4.78, 5) is 18.1. The molecule has 0 aliphatic rings. The van der Waals surface area contributed by atoms with Crippen molar-refractivity contribution >= 4 is 44.1 Å². The number of hydrogen-bond donors (Lipinski definition) is 1. The minimum atomic E-state index is -0.685. The number of halogens is 2. The number of anilines is 1. The second-order valence-corrected chi connectivity index (χ2v) is 6.80. The average molecular weight is 354 g/mol. The van der Waals surface area contributed by atoms with Crippen molar-refractivity contribution in [2.75, 3.05) is 5.32 Å². The van der Waals surface area contributed by atoms with Gasteiger partial charge in [0, 0.05) is 16.8 Å². The number of carbonyl (C=O) groups is 1. The minimum Gasteiger partial charge on any atom is -0.319 e. The largest absolute Gasteiger partial charge is 0.319 e. The Morgan fingerprint density at radius 3 is 2.72 bits per heavy atom. The lowest BCUT2D eigenvalue weighted by Gasteiger charge is -2.04. The summed E-state index contributed by atoms with van der Waals surface area (Å²) in [5.41, 5.74) is 1.79. The first-order valence-electron chi connectivity index (χ1n) is 7.57. The zero-order valence-electron chi connectivity index (χ0n) is 13.1. The molecule has 6 heteroatoms. The Morgan fingerprint density at radius 2 is 1.88 bits per heavy atom. The van der Waals surface area contributed by atoms with Gasteiger partial charge in [-0.2, -0.15) is 0 Å². The molecule has 124 valence electrons. The number of pyridine rings is 1. The third-order valence-corrected chi connectivity index (χ3v) is 4.90. The lowest BCUT2D eigenvalue weighted by molar-refractivity contribution is 0.103. The smallest absolute Gasteiger partial charge is 0.265 e. The van der Waals surface area contributed by atoms with Gasteiger partial charge in [0.2, 0.25) is 0 Å². The molecule has 0 atom stereocenters. The van der Waals surface area contributed by atoms with Crippen LogP contribution in [0.2, 0.25) is 0 Å². The van der Waals surface area contributed by atoms with Crippen LogP contribution in [0.15, 0.2) is 48.5 Å². The van der Waals surface area contributed by atoms with Crippen molar-refractivity contribution in [3.63, 3.8) is 0 Å². The van der Waals surface area contributed by atoms with Crippen molar-refractivity contribution in [3.05, 3.63) is 70.6 Å². The summed E-state index contributed by atoms with van der Waals surface area (Å²) < 4.78 is 26.9. The van der Waals surface area contributed by atoms with Gasteiger partial charge in [-0.15, -0.1) is 11.3 Å². The highest BCUT2D eigenvalue weighted by atomic mass is 32.1. The number of aryl methyl sites for hydroxylation is 1. The van der Waals surface area contributed by atoms with Crippen molar-refractivity contribution in [2.24, 2.45) is 0 Å². The zero-order chi connectivity index (χ0) is 17.6. The number of thiophene rings is 1. The molecule has 0 unspecified atom stereocenters. The highest BCUT2D eigenvalue weighted by Gasteiger charge is 2.14. The highest BCUT2D eigenvalue weighted by molar-refractivity contribution is 7.20. The molecule has 2 aromatic carbocycles. The van der Waals surface area contributed by atoms with Crippen LogP contribution in [-0.2, 0) is 0 Å². The summed E-state index contributed by atoms with van der Waals surface area (Å²) in [6.07, 6.45) is 0. The lowest BCUT2D eigenvalue weighted by atomic mass is 10.1. The van der Waals surface area contributed by atoms with Crippen LogP contribution in [0.3, 0.4) is 0 Å². The van der Waals surface area contributed by atoms with E-state index >= 15 is 0 Å². The van der Waals surface area contributed by atoms with E-state index in [0.29, 0.717) is 4.88 Å². The fourth-order valence-electron chi connectivity index (χ4n) is 2.64. The maximum Gasteiger partial charge on any atom is 0.265 e. The van der Waals surface area contributed by atoms with E-state index < -0.39 is 17.5 Å². The predicted octanol–water partition coefficient (Wildman–Crippen LogP) is 5.29. The van der Waals surface area contributed by atoms with Gasteiger partial charge in [0.25, 0.3) is 5.91 Å². The normalized spacial score (nSPS) is 11.2. The predicted molar refractivity (Wildman–Crippen MR) is 96.2 cm³/mol. The van der Waals surface area contributed by atoms with Gasteiger partial charge in [-0.1, -0.05) is 11.6 Å². The molecular weight excluding hydrogens is 342 g/mol. The SMILES string of the molecule is Cc1ccc2nc3sc(C(=O)Nc4cc(F)ccc4F)cc3cc2c1. The lowest BCUT2D eigenvalue weighted by Crippen LogP contribution is -2.11. The topological polar surface area (TPSA) is 42.0 Å². The van der Waals surface area contributed by atoms with Crippen LogP contribution in [0, 0.1) is 18.6 Å². The number of rotatable bonds is 2. The summed E-state index contributed by atoms with van der Waals surface area (Å²) >= 11 is 1.21. The van der Waals surface area contributed by atoms with E-state index in [4.69, 9.17) is 0 Å². The second kappa shape index (κ2) is 5.89. The molecule has 1 amide bonds. The van der Waals surface area contributed by atoms with Crippen molar-refractivity contribution < 1.29 is 13.6 Å². The number of benzene rings is 2. The van der Waals surface area contributed by atoms with E-state index in [0.717, 1.165) is 44.9 Å². The van der Waals surface area contributed by atoms with Crippen LogP contribution in [0.25, 0.3) is 21.1 Å². The van der Waals surface area contributed by atoms with Gasteiger partial charge in [-0.25, -0.2) is 13.8 Å². The van der Waals surface area contributed by atoms with Crippen LogP contribution in [0.4, 0.5) is 14.5 Å². The Balaban J connectivity index is 1.72. The van der Waals surface area contributed by atoms with Crippen molar-refractivity contribution in [1.29, 1.82) is 0 Å². The second-order valence-electron chi connectivity index (χ2n) is 5.77. The Kier molecular flexibility index (Phi) is 3.69. The summed E-state index contributed by atoms with van der Waals surface area (Å²) in [6, 6.07) is 12.6. The third kappa shape index (κ3) is 2.96. The first kappa shape index (κ1) is 15.7. The number of nitrogens with one attached hydrogen (secondary N) is 1. The van der Waals surface area contributed by atoms with Gasteiger partial charge in [-0.05, 0) is 43.3 Å². The molecular formula is C19H12F2N2OS. The Labute approximate surface area is 145 Å². The molecule has 0 radical (unpaired) electrons. The van der Waals surface area contributed by atoms with E-state index in [-0.39, 0.29) is 5.69 Å². The van der Waals surface area contributed by atoms with E-state index in [1.807, 2.05) is 31.2 Å².